The molecule has 160 valence electrons. The van der Waals surface area contributed by atoms with Crippen molar-refractivity contribution in [3.8, 4) is 0 Å². The Hall–Kier alpha value is -2.70. The quantitative estimate of drug-likeness (QED) is 0.548. The first-order valence-electron chi connectivity index (χ1n) is 10.9. The van der Waals surface area contributed by atoms with Crippen molar-refractivity contribution >= 4 is 29.4 Å². The zero-order valence-electron chi connectivity index (χ0n) is 17.3. The minimum atomic E-state index is -0.920. The summed E-state index contributed by atoms with van der Waals surface area (Å²) >= 11 is 0. The second-order valence-corrected chi connectivity index (χ2v) is 8.43. The zero-order valence-corrected chi connectivity index (χ0v) is 17.3. The molecule has 1 aromatic rings. The van der Waals surface area contributed by atoms with E-state index in [-0.39, 0.29) is 42.5 Å². The molecular weight excluding hydrogens is 384 g/mol. The molecule has 3 atom stereocenters. The number of imide groups is 1. The number of rotatable bonds is 5. The lowest BCUT2D eigenvalue weighted by Gasteiger charge is -2.31. The Morgan fingerprint density at radius 2 is 1.73 bits per heavy atom. The van der Waals surface area contributed by atoms with Crippen molar-refractivity contribution in [3.63, 3.8) is 0 Å². The van der Waals surface area contributed by atoms with Crippen LogP contribution in [0, 0.1) is 11.8 Å². The summed E-state index contributed by atoms with van der Waals surface area (Å²) in [7, 11) is 0. The summed E-state index contributed by atoms with van der Waals surface area (Å²) in [4.78, 5) is 53.1. The molecule has 1 saturated carbocycles. The average molecular weight is 412 g/mol. The van der Waals surface area contributed by atoms with Gasteiger partial charge in [0, 0.05) is 18.8 Å². The molecular formula is C23H28N2O5. The number of anilines is 1. The Balaban J connectivity index is 1.32. The molecule has 1 aliphatic carbocycles. The van der Waals surface area contributed by atoms with Gasteiger partial charge in [-0.05, 0) is 44.2 Å². The predicted octanol–water partition coefficient (Wildman–Crippen LogP) is 2.46. The van der Waals surface area contributed by atoms with Gasteiger partial charge in [0.05, 0.1) is 18.3 Å². The lowest BCUT2D eigenvalue weighted by molar-refractivity contribution is -0.154. The van der Waals surface area contributed by atoms with Gasteiger partial charge in [-0.3, -0.25) is 24.1 Å². The maximum absolute atomic E-state index is 12.9. The van der Waals surface area contributed by atoms with Crippen LogP contribution >= 0.6 is 0 Å². The normalized spacial score (nSPS) is 24.3. The van der Waals surface area contributed by atoms with Crippen LogP contribution in [0.25, 0.3) is 0 Å². The van der Waals surface area contributed by atoms with Crippen LogP contribution in [0.5, 0.6) is 0 Å². The number of para-hydroxylation sites is 1. The number of likely N-dealkylation sites (tertiary alicyclic amines) is 1. The highest BCUT2D eigenvalue weighted by molar-refractivity contribution is 6.05. The van der Waals surface area contributed by atoms with Crippen molar-refractivity contribution < 1.29 is 23.9 Å². The van der Waals surface area contributed by atoms with Crippen molar-refractivity contribution in [2.75, 3.05) is 18.0 Å². The molecule has 2 heterocycles. The smallest absolute Gasteiger partial charge is 0.308 e. The summed E-state index contributed by atoms with van der Waals surface area (Å²) in [5.74, 6) is -1.59. The first-order valence-corrected chi connectivity index (χ1v) is 10.9. The SMILES string of the molecule is C[C@H](OC(=O)CCN1C(=O)[C@H]2CCCC[C@H]2C1=O)C(=O)N1CCCc2ccccc21. The van der Waals surface area contributed by atoms with Gasteiger partial charge in [-0.2, -0.15) is 0 Å². The molecule has 2 fully saturated rings. The summed E-state index contributed by atoms with van der Waals surface area (Å²) < 4.78 is 5.35. The van der Waals surface area contributed by atoms with E-state index in [0.29, 0.717) is 6.54 Å². The number of amides is 3. The van der Waals surface area contributed by atoms with Crippen LogP contribution in [0.3, 0.4) is 0 Å². The average Bonchev–Trinajstić information content (AvgIpc) is 3.01. The summed E-state index contributed by atoms with van der Waals surface area (Å²) in [6.45, 7) is 2.19. The summed E-state index contributed by atoms with van der Waals surface area (Å²) in [5.41, 5.74) is 1.98. The van der Waals surface area contributed by atoms with Gasteiger partial charge < -0.3 is 9.64 Å². The molecule has 1 saturated heterocycles. The maximum Gasteiger partial charge on any atom is 0.308 e. The van der Waals surface area contributed by atoms with Crippen LogP contribution in [-0.4, -0.2) is 47.8 Å². The molecule has 7 heteroatoms. The number of esters is 1. The molecule has 0 unspecified atom stereocenters. The molecule has 0 radical (unpaired) electrons. The fourth-order valence-electron chi connectivity index (χ4n) is 4.94. The van der Waals surface area contributed by atoms with Gasteiger partial charge in [0.25, 0.3) is 5.91 Å². The minimum Gasteiger partial charge on any atom is -0.452 e. The largest absolute Gasteiger partial charge is 0.452 e. The van der Waals surface area contributed by atoms with Gasteiger partial charge in [0.2, 0.25) is 11.8 Å². The topological polar surface area (TPSA) is 84.0 Å². The number of carbonyl (C=O) groups is 4. The number of fused-ring (bicyclic) bond motifs is 2. The Morgan fingerprint density at radius 1 is 1.07 bits per heavy atom. The van der Waals surface area contributed by atoms with E-state index in [9.17, 15) is 19.2 Å². The molecule has 4 rings (SSSR count). The lowest BCUT2D eigenvalue weighted by atomic mass is 9.81. The molecule has 2 aliphatic heterocycles. The highest BCUT2D eigenvalue weighted by atomic mass is 16.5. The third-order valence-electron chi connectivity index (χ3n) is 6.50. The van der Waals surface area contributed by atoms with Gasteiger partial charge in [0.15, 0.2) is 6.10 Å². The van der Waals surface area contributed by atoms with E-state index < -0.39 is 12.1 Å². The minimum absolute atomic E-state index is 0.0248. The van der Waals surface area contributed by atoms with Crippen molar-refractivity contribution in [1.82, 2.24) is 4.90 Å². The summed E-state index contributed by atoms with van der Waals surface area (Å²) in [6.07, 6.45) is 4.21. The maximum atomic E-state index is 12.9. The third kappa shape index (κ3) is 3.85. The number of hydrogen-bond acceptors (Lipinski definition) is 5. The molecule has 30 heavy (non-hydrogen) atoms. The Bertz CT molecular complexity index is 843. The number of carbonyl (C=O) groups excluding carboxylic acids is 4. The number of hydrogen-bond donors (Lipinski definition) is 0. The molecule has 3 amide bonds. The van der Waals surface area contributed by atoms with Gasteiger partial charge in [-0.25, -0.2) is 0 Å². The molecule has 0 spiro atoms. The molecule has 7 nitrogen and oxygen atoms in total. The van der Waals surface area contributed by atoms with Crippen LogP contribution in [0.2, 0.25) is 0 Å². The zero-order chi connectivity index (χ0) is 21.3. The number of nitrogens with zero attached hydrogens (tertiary/aromatic N) is 2. The standard InChI is InChI=1S/C23H28N2O5/c1-15(21(27)24-13-6-8-16-7-2-5-11-19(16)24)30-20(26)12-14-25-22(28)17-9-3-4-10-18(17)23(25)29/h2,5,7,11,15,17-18H,3-4,6,8-10,12-14H2,1H3/t15-,17-,18+/m0/s1. The highest BCUT2D eigenvalue weighted by Gasteiger charge is 2.47. The van der Waals surface area contributed by atoms with Crippen LogP contribution in [0.15, 0.2) is 24.3 Å². The fourth-order valence-corrected chi connectivity index (χ4v) is 4.94. The van der Waals surface area contributed by atoms with E-state index >= 15 is 0 Å². The molecule has 1 aromatic carbocycles. The van der Waals surface area contributed by atoms with E-state index in [0.717, 1.165) is 49.8 Å². The first kappa shape index (κ1) is 20.6. The molecule has 0 aromatic heterocycles. The number of benzene rings is 1. The molecule has 0 N–H and O–H groups in total. The Kier molecular flexibility index (Phi) is 5.88. The monoisotopic (exact) mass is 412 g/mol. The predicted molar refractivity (Wildman–Crippen MR) is 109 cm³/mol. The van der Waals surface area contributed by atoms with Crippen molar-refractivity contribution in [2.45, 2.75) is 58.0 Å². The number of aryl methyl sites for hydroxylation is 1. The Morgan fingerprint density at radius 3 is 2.43 bits per heavy atom. The summed E-state index contributed by atoms with van der Waals surface area (Å²) in [6, 6.07) is 7.76. The van der Waals surface area contributed by atoms with Crippen LogP contribution in [0.1, 0.15) is 51.0 Å². The van der Waals surface area contributed by atoms with E-state index in [1.807, 2.05) is 24.3 Å². The van der Waals surface area contributed by atoms with Gasteiger partial charge in [-0.1, -0.05) is 31.0 Å². The van der Waals surface area contributed by atoms with E-state index in [1.54, 1.807) is 11.8 Å². The first-order chi connectivity index (χ1) is 14.5. The number of ether oxygens (including phenoxy) is 1. The Labute approximate surface area is 176 Å². The third-order valence-corrected chi connectivity index (χ3v) is 6.50. The van der Waals surface area contributed by atoms with Crippen molar-refractivity contribution in [1.29, 1.82) is 0 Å². The van der Waals surface area contributed by atoms with Crippen molar-refractivity contribution in [2.24, 2.45) is 11.8 Å². The lowest BCUT2D eigenvalue weighted by Crippen LogP contribution is -2.43. The van der Waals surface area contributed by atoms with Gasteiger partial charge >= 0.3 is 5.97 Å². The van der Waals surface area contributed by atoms with Crippen LogP contribution in [0.4, 0.5) is 5.69 Å². The second-order valence-electron chi connectivity index (χ2n) is 8.43. The van der Waals surface area contributed by atoms with E-state index in [2.05, 4.69) is 0 Å². The van der Waals surface area contributed by atoms with Crippen molar-refractivity contribution in [3.05, 3.63) is 29.8 Å². The summed E-state index contributed by atoms with van der Waals surface area (Å²) in [5, 5.41) is 0. The van der Waals surface area contributed by atoms with Crippen LogP contribution < -0.4 is 4.90 Å². The highest BCUT2D eigenvalue weighted by Crippen LogP contribution is 2.38. The van der Waals surface area contributed by atoms with Gasteiger partial charge in [-0.15, -0.1) is 0 Å². The van der Waals surface area contributed by atoms with E-state index in [4.69, 9.17) is 4.74 Å². The van der Waals surface area contributed by atoms with E-state index in [1.165, 1.54) is 4.90 Å². The molecule has 0 bridgehead atoms. The van der Waals surface area contributed by atoms with Crippen LogP contribution in [-0.2, 0) is 30.3 Å². The fraction of sp³-hybridized carbons (Fsp3) is 0.565. The molecule has 3 aliphatic rings. The second kappa shape index (κ2) is 8.58. The van der Waals surface area contributed by atoms with Gasteiger partial charge in [0.1, 0.15) is 0 Å².